The number of rotatable bonds is 5. The van der Waals surface area contributed by atoms with Crippen LogP contribution in [0.2, 0.25) is 0 Å². The van der Waals surface area contributed by atoms with Gasteiger partial charge < -0.3 is 13.9 Å². The molecule has 0 fully saturated rings. The standard InChI is InChI=1S/C22H17NO5S/c1-13-9-20(24)28-19-11-17(7-8-18(13)19)27-21(25)10-15-12-29-22(23-15)14-3-5-16(26-2)6-4-14/h3-9,11-12H,10H2,1-2H3. The fraction of sp³-hybridized carbons (Fsp3) is 0.136. The Morgan fingerprint density at radius 1 is 1.10 bits per heavy atom. The van der Waals surface area contributed by atoms with E-state index in [2.05, 4.69) is 4.98 Å². The smallest absolute Gasteiger partial charge is 0.336 e. The molecule has 0 unspecified atom stereocenters. The lowest BCUT2D eigenvalue weighted by Gasteiger charge is -2.05. The molecule has 0 saturated carbocycles. The zero-order valence-corrected chi connectivity index (χ0v) is 16.6. The average molecular weight is 407 g/mol. The first-order chi connectivity index (χ1) is 14.0. The lowest BCUT2D eigenvalue weighted by atomic mass is 10.1. The lowest BCUT2D eigenvalue weighted by molar-refractivity contribution is -0.133. The zero-order chi connectivity index (χ0) is 20.4. The second-order valence-electron chi connectivity index (χ2n) is 6.43. The number of hydrogen-bond acceptors (Lipinski definition) is 7. The molecule has 0 spiro atoms. The maximum atomic E-state index is 12.3. The van der Waals surface area contributed by atoms with Crippen LogP contribution < -0.4 is 15.1 Å². The van der Waals surface area contributed by atoms with Crippen molar-refractivity contribution in [1.29, 1.82) is 0 Å². The van der Waals surface area contributed by atoms with Gasteiger partial charge in [0.1, 0.15) is 22.1 Å². The van der Waals surface area contributed by atoms with Crippen LogP contribution in [-0.4, -0.2) is 18.1 Å². The van der Waals surface area contributed by atoms with Crippen molar-refractivity contribution in [3.63, 3.8) is 0 Å². The van der Waals surface area contributed by atoms with Gasteiger partial charge in [0, 0.05) is 28.5 Å². The Labute approximate surface area is 170 Å². The molecule has 0 aliphatic rings. The van der Waals surface area contributed by atoms with Crippen molar-refractivity contribution in [2.45, 2.75) is 13.3 Å². The van der Waals surface area contributed by atoms with Crippen LogP contribution in [0.15, 0.2) is 63.1 Å². The number of fused-ring (bicyclic) bond motifs is 1. The minimum absolute atomic E-state index is 0.0441. The highest BCUT2D eigenvalue weighted by molar-refractivity contribution is 7.13. The van der Waals surface area contributed by atoms with Crippen molar-refractivity contribution in [2.24, 2.45) is 0 Å². The summed E-state index contributed by atoms with van der Waals surface area (Å²) in [6, 6.07) is 14.0. The third-order valence-electron chi connectivity index (χ3n) is 4.37. The van der Waals surface area contributed by atoms with Crippen LogP contribution in [-0.2, 0) is 11.2 Å². The minimum Gasteiger partial charge on any atom is -0.497 e. The molecule has 0 N–H and O–H groups in total. The molecule has 7 heteroatoms. The van der Waals surface area contributed by atoms with Crippen molar-refractivity contribution >= 4 is 28.3 Å². The number of aromatic nitrogens is 1. The van der Waals surface area contributed by atoms with E-state index in [1.165, 1.54) is 17.4 Å². The van der Waals surface area contributed by atoms with E-state index in [1.54, 1.807) is 25.3 Å². The van der Waals surface area contributed by atoms with E-state index in [1.807, 2.05) is 36.6 Å². The molecule has 29 heavy (non-hydrogen) atoms. The van der Waals surface area contributed by atoms with Gasteiger partial charge >= 0.3 is 11.6 Å². The molecule has 0 aliphatic carbocycles. The Balaban J connectivity index is 1.46. The summed E-state index contributed by atoms with van der Waals surface area (Å²) in [5.74, 6) is 0.656. The van der Waals surface area contributed by atoms with Crippen LogP contribution in [0.5, 0.6) is 11.5 Å². The topological polar surface area (TPSA) is 78.6 Å². The number of methoxy groups -OCH3 is 1. The van der Waals surface area contributed by atoms with Gasteiger partial charge in [-0.1, -0.05) is 0 Å². The molecule has 2 aromatic carbocycles. The molecule has 0 amide bonds. The first-order valence-corrected chi connectivity index (χ1v) is 9.74. The van der Waals surface area contributed by atoms with Gasteiger partial charge in [-0.25, -0.2) is 9.78 Å². The molecule has 4 aromatic rings. The van der Waals surface area contributed by atoms with E-state index in [9.17, 15) is 9.59 Å². The van der Waals surface area contributed by atoms with Gasteiger partial charge in [-0.3, -0.25) is 4.79 Å². The Bertz CT molecular complexity index is 1240. The normalized spacial score (nSPS) is 10.8. The fourth-order valence-electron chi connectivity index (χ4n) is 2.94. The molecule has 4 rings (SSSR count). The zero-order valence-electron chi connectivity index (χ0n) is 15.8. The van der Waals surface area contributed by atoms with Crippen molar-refractivity contribution in [2.75, 3.05) is 7.11 Å². The lowest BCUT2D eigenvalue weighted by Crippen LogP contribution is -2.11. The summed E-state index contributed by atoms with van der Waals surface area (Å²) < 4.78 is 15.7. The highest BCUT2D eigenvalue weighted by atomic mass is 32.1. The van der Waals surface area contributed by atoms with Crippen LogP contribution in [0.25, 0.3) is 21.5 Å². The number of aryl methyl sites for hydroxylation is 1. The summed E-state index contributed by atoms with van der Waals surface area (Å²) in [4.78, 5) is 28.4. The molecule has 2 aromatic heterocycles. The first-order valence-electron chi connectivity index (χ1n) is 8.86. The highest BCUT2D eigenvalue weighted by Gasteiger charge is 2.12. The van der Waals surface area contributed by atoms with Gasteiger partial charge in [0.25, 0.3) is 0 Å². The molecule has 0 bridgehead atoms. The highest BCUT2D eigenvalue weighted by Crippen LogP contribution is 2.26. The minimum atomic E-state index is -0.439. The average Bonchev–Trinajstić information content (AvgIpc) is 3.16. The molecule has 6 nitrogen and oxygen atoms in total. The molecule has 0 atom stereocenters. The largest absolute Gasteiger partial charge is 0.497 e. The van der Waals surface area contributed by atoms with E-state index in [0.717, 1.165) is 27.3 Å². The number of carbonyl (C=O) groups excluding carboxylic acids is 1. The number of esters is 1. The summed E-state index contributed by atoms with van der Waals surface area (Å²) in [5, 5.41) is 3.45. The molecule has 2 heterocycles. The van der Waals surface area contributed by atoms with Gasteiger partial charge in [-0.2, -0.15) is 0 Å². The van der Waals surface area contributed by atoms with Crippen LogP contribution in [0.1, 0.15) is 11.3 Å². The summed E-state index contributed by atoms with van der Waals surface area (Å²) in [5.41, 5.74) is 2.34. The third-order valence-corrected chi connectivity index (χ3v) is 5.31. The molecule has 0 saturated heterocycles. The SMILES string of the molecule is COc1ccc(-c2nc(CC(=O)Oc3ccc4c(C)cc(=O)oc4c3)cs2)cc1. The molecule has 0 aliphatic heterocycles. The van der Waals surface area contributed by atoms with E-state index < -0.39 is 11.6 Å². The van der Waals surface area contributed by atoms with Crippen LogP contribution >= 0.6 is 11.3 Å². The summed E-state index contributed by atoms with van der Waals surface area (Å²) >= 11 is 1.46. The van der Waals surface area contributed by atoms with E-state index >= 15 is 0 Å². The Morgan fingerprint density at radius 3 is 2.62 bits per heavy atom. The van der Waals surface area contributed by atoms with Gasteiger partial charge in [-0.15, -0.1) is 11.3 Å². The first kappa shape index (κ1) is 18.9. The number of nitrogens with zero attached hydrogens (tertiary/aromatic N) is 1. The summed E-state index contributed by atoms with van der Waals surface area (Å²) in [6.07, 6.45) is 0.0441. The molecular formula is C22H17NO5S. The van der Waals surface area contributed by atoms with Crippen LogP contribution in [0, 0.1) is 6.92 Å². The van der Waals surface area contributed by atoms with Gasteiger partial charge in [0.2, 0.25) is 0 Å². The Hall–Kier alpha value is -3.45. The van der Waals surface area contributed by atoms with Gasteiger partial charge in [0.05, 0.1) is 19.2 Å². The maximum Gasteiger partial charge on any atom is 0.336 e. The predicted molar refractivity (Wildman–Crippen MR) is 111 cm³/mol. The van der Waals surface area contributed by atoms with E-state index in [4.69, 9.17) is 13.9 Å². The number of benzene rings is 2. The number of carbonyl (C=O) groups is 1. The number of hydrogen-bond donors (Lipinski definition) is 0. The second-order valence-corrected chi connectivity index (χ2v) is 7.29. The third kappa shape index (κ3) is 4.20. The maximum absolute atomic E-state index is 12.3. The summed E-state index contributed by atoms with van der Waals surface area (Å²) in [7, 11) is 1.62. The van der Waals surface area contributed by atoms with Gasteiger partial charge in [0.15, 0.2) is 0 Å². The fourth-order valence-corrected chi connectivity index (χ4v) is 3.76. The molecule has 146 valence electrons. The van der Waals surface area contributed by atoms with E-state index in [0.29, 0.717) is 17.0 Å². The second kappa shape index (κ2) is 7.89. The number of ether oxygens (including phenoxy) is 2. The number of thiazole rings is 1. The van der Waals surface area contributed by atoms with E-state index in [-0.39, 0.29) is 6.42 Å². The predicted octanol–water partition coefficient (Wildman–Crippen LogP) is 4.38. The summed E-state index contributed by atoms with van der Waals surface area (Å²) in [6.45, 7) is 1.83. The molecule has 0 radical (unpaired) electrons. The van der Waals surface area contributed by atoms with Gasteiger partial charge in [-0.05, 0) is 48.9 Å². The monoisotopic (exact) mass is 407 g/mol. The van der Waals surface area contributed by atoms with Crippen LogP contribution in [0.3, 0.4) is 0 Å². The quantitative estimate of drug-likeness (QED) is 0.277. The van der Waals surface area contributed by atoms with Crippen molar-refractivity contribution in [3.05, 3.63) is 75.6 Å². The van der Waals surface area contributed by atoms with Crippen LogP contribution in [0.4, 0.5) is 0 Å². The van der Waals surface area contributed by atoms with Crippen molar-refractivity contribution < 1.29 is 18.7 Å². The van der Waals surface area contributed by atoms with Crippen molar-refractivity contribution in [3.8, 4) is 22.1 Å². The van der Waals surface area contributed by atoms with Crippen molar-refractivity contribution in [1.82, 2.24) is 4.98 Å². The Kier molecular flexibility index (Phi) is 5.14. The Morgan fingerprint density at radius 2 is 1.86 bits per heavy atom. The molecular weight excluding hydrogens is 390 g/mol.